The molecule has 6 rings (SSSR count). The summed E-state index contributed by atoms with van der Waals surface area (Å²) in [6.07, 6.45) is 4.94. The predicted octanol–water partition coefficient (Wildman–Crippen LogP) is 2.61. The molecule has 0 unspecified atom stereocenters. The van der Waals surface area contributed by atoms with Gasteiger partial charge in [-0.1, -0.05) is 12.5 Å². The minimum Gasteiger partial charge on any atom is -0.455 e. The zero-order valence-electron chi connectivity index (χ0n) is 21.3. The van der Waals surface area contributed by atoms with Gasteiger partial charge in [0.15, 0.2) is 5.78 Å². The van der Waals surface area contributed by atoms with E-state index in [0.717, 1.165) is 18.4 Å². The zero-order chi connectivity index (χ0) is 25.3. The highest BCUT2D eigenvalue weighted by Gasteiger charge is 2.81. The van der Waals surface area contributed by atoms with E-state index in [1.54, 1.807) is 19.9 Å². The number of esters is 1. The molecule has 4 aliphatic carbocycles. The normalized spacial score (nSPS) is 54.3. The van der Waals surface area contributed by atoms with E-state index >= 15 is 0 Å². The Bertz CT molecular complexity index is 1080. The number of allylic oxidation sites excluding steroid dienone is 1. The summed E-state index contributed by atoms with van der Waals surface area (Å²) in [6.45, 7) is 9.28. The number of hydrogen-bond acceptors (Lipinski definition) is 7. The van der Waals surface area contributed by atoms with Crippen molar-refractivity contribution >= 4 is 11.8 Å². The van der Waals surface area contributed by atoms with Gasteiger partial charge in [-0.15, -0.1) is 0 Å². The number of carbonyl (C=O) groups is 2. The highest BCUT2D eigenvalue weighted by Crippen LogP contribution is 2.74. The van der Waals surface area contributed by atoms with Gasteiger partial charge in [0, 0.05) is 17.4 Å². The molecule has 4 fully saturated rings. The molecule has 1 spiro atoms. The topological polar surface area (TPSA) is 117 Å². The van der Waals surface area contributed by atoms with Crippen LogP contribution in [0.4, 0.5) is 0 Å². The van der Waals surface area contributed by atoms with Gasteiger partial charge in [-0.2, -0.15) is 0 Å². The Labute approximate surface area is 206 Å². The molecule has 192 valence electrons. The van der Waals surface area contributed by atoms with Crippen LogP contribution < -0.4 is 0 Å². The van der Waals surface area contributed by atoms with Gasteiger partial charge in [0.05, 0.1) is 11.5 Å². The van der Waals surface area contributed by atoms with Crippen LogP contribution in [0.3, 0.4) is 0 Å². The molecule has 3 N–H and O–H groups in total. The predicted molar refractivity (Wildman–Crippen MR) is 126 cm³/mol. The van der Waals surface area contributed by atoms with Crippen LogP contribution in [-0.4, -0.2) is 62.2 Å². The van der Waals surface area contributed by atoms with E-state index in [9.17, 15) is 24.9 Å². The fraction of sp³-hybridized carbons (Fsp3) is 0.786. The molecule has 2 heterocycles. The van der Waals surface area contributed by atoms with Crippen molar-refractivity contribution in [1.29, 1.82) is 0 Å². The molecule has 1 saturated heterocycles. The van der Waals surface area contributed by atoms with Crippen LogP contribution in [0.2, 0.25) is 0 Å². The zero-order valence-corrected chi connectivity index (χ0v) is 21.3. The number of hydrogen-bond donors (Lipinski definition) is 3. The number of epoxide rings is 1. The fourth-order valence-corrected chi connectivity index (χ4v) is 9.48. The third kappa shape index (κ3) is 2.51. The van der Waals surface area contributed by atoms with Crippen LogP contribution in [0, 0.1) is 28.6 Å². The van der Waals surface area contributed by atoms with Crippen molar-refractivity contribution in [2.45, 2.75) is 108 Å². The van der Waals surface area contributed by atoms with Crippen molar-refractivity contribution in [2.75, 3.05) is 0 Å². The Kier molecular flexibility index (Phi) is 4.67. The molecule has 35 heavy (non-hydrogen) atoms. The van der Waals surface area contributed by atoms with E-state index in [0.29, 0.717) is 31.3 Å². The minimum absolute atomic E-state index is 0.0237. The van der Waals surface area contributed by atoms with Gasteiger partial charge in [-0.3, -0.25) is 4.79 Å². The monoisotopic (exact) mass is 486 g/mol. The number of aliphatic hydroxyl groups excluding tert-OH is 1. The Balaban J connectivity index is 1.35. The second kappa shape index (κ2) is 6.85. The molecule has 11 atom stereocenters. The summed E-state index contributed by atoms with van der Waals surface area (Å²) in [5, 5.41) is 35.1. The summed E-state index contributed by atoms with van der Waals surface area (Å²) in [5.74, 6) is -0.138. The summed E-state index contributed by atoms with van der Waals surface area (Å²) >= 11 is 0. The smallest absolute Gasteiger partial charge is 0.334 e. The highest BCUT2D eigenvalue weighted by atomic mass is 16.6. The Morgan fingerprint density at radius 3 is 2.49 bits per heavy atom. The Morgan fingerprint density at radius 2 is 1.80 bits per heavy atom. The lowest BCUT2D eigenvalue weighted by atomic mass is 9.43. The first kappa shape index (κ1) is 23.8. The van der Waals surface area contributed by atoms with E-state index in [1.807, 2.05) is 13.8 Å². The van der Waals surface area contributed by atoms with Gasteiger partial charge in [0.2, 0.25) is 0 Å². The average molecular weight is 487 g/mol. The second-order valence-electron chi connectivity index (χ2n) is 12.9. The Morgan fingerprint density at radius 1 is 1.11 bits per heavy atom. The van der Waals surface area contributed by atoms with Gasteiger partial charge in [0.1, 0.15) is 29.0 Å². The molecule has 0 radical (unpaired) electrons. The molecule has 2 aliphatic heterocycles. The van der Waals surface area contributed by atoms with Crippen molar-refractivity contribution in [3.05, 3.63) is 23.3 Å². The molecular formula is C28H38O7. The van der Waals surface area contributed by atoms with Crippen LogP contribution >= 0.6 is 0 Å². The molecule has 0 aromatic carbocycles. The minimum atomic E-state index is -1.63. The lowest BCUT2D eigenvalue weighted by molar-refractivity contribution is -0.253. The number of cyclic esters (lactones) is 1. The first-order valence-corrected chi connectivity index (χ1v) is 13.2. The lowest BCUT2D eigenvalue weighted by Gasteiger charge is -2.60. The van der Waals surface area contributed by atoms with Crippen molar-refractivity contribution in [3.8, 4) is 0 Å². The number of carbonyl (C=O) groups excluding carboxylic acids is 2. The lowest BCUT2D eigenvalue weighted by Crippen LogP contribution is -2.69. The molecule has 7 nitrogen and oxygen atoms in total. The second-order valence-corrected chi connectivity index (χ2v) is 12.9. The van der Waals surface area contributed by atoms with Crippen LogP contribution in [0.25, 0.3) is 0 Å². The molecule has 7 heteroatoms. The van der Waals surface area contributed by atoms with Crippen molar-refractivity contribution in [1.82, 2.24) is 0 Å². The number of ether oxygens (including phenoxy) is 2. The maximum absolute atomic E-state index is 13.3. The summed E-state index contributed by atoms with van der Waals surface area (Å²) in [4.78, 5) is 25.8. The fourth-order valence-electron chi connectivity index (χ4n) is 9.48. The largest absolute Gasteiger partial charge is 0.455 e. The molecule has 0 aromatic rings. The molecule has 6 aliphatic rings. The maximum Gasteiger partial charge on any atom is 0.334 e. The van der Waals surface area contributed by atoms with Crippen LogP contribution in [-0.2, 0) is 19.1 Å². The SMILES string of the molecule is CC1=C(C)C(=O)O[C@@H]([C@@](C)(O)[C@]2(O)CC[C@@H]3[C@H]4C[C@@H]5O[C@@]56[C@@H](O)C=CC(=O)[C@]6(C)[C@H]4CC[C@@]32C)C1. The summed E-state index contributed by atoms with van der Waals surface area (Å²) in [6, 6.07) is 0. The van der Waals surface area contributed by atoms with Crippen LogP contribution in [0.5, 0.6) is 0 Å². The van der Waals surface area contributed by atoms with E-state index in [-0.39, 0.29) is 29.6 Å². The van der Waals surface area contributed by atoms with Crippen molar-refractivity contribution in [2.24, 2.45) is 28.6 Å². The van der Waals surface area contributed by atoms with Crippen molar-refractivity contribution in [3.63, 3.8) is 0 Å². The Hall–Kier alpha value is -1.54. The van der Waals surface area contributed by atoms with Crippen molar-refractivity contribution < 1.29 is 34.4 Å². The van der Waals surface area contributed by atoms with Crippen LogP contribution in [0.1, 0.15) is 73.1 Å². The van der Waals surface area contributed by atoms with E-state index < -0.39 is 45.8 Å². The van der Waals surface area contributed by atoms with E-state index in [4.69, 9.17) is 9.47 Å². The molecular weight excluding hydrogens is 448 g/mol. The third-order valence-corrected chi connectivity index (χ3v) is 11.9. The van der Waals surface area contributed by atoms with Gasteiger partial charge < -0.3 is 24.8 Å². The summed E-state index contributed by atoms with van der Waals surface area (Å²) in [5.41, 5.74) is -3.85. The molecule has 0 amide bonds. The summed E-state index contributed by atoms with van der Waals surface area (Å²) < 4.78 is 11.9. The van der Waals surface area contributed by atoms with Gasteiger partial charge in [-0.25, -0.2) is 4.79 Å². The molecule has 3 saturated carbocycles. The van der Waals surface area contributed by atoms with E-state index in [2.05, 4.69) is 6.92 Å². The summed E-state index contributed by atoms with van der Waals surface area (Å²) in [7, 11) is 0. The number of aliphatic hydroxyl groups is 3. The van der Waals surface area contributed by atoms with Gasteiger partial charge >= 0.3 is 5.97 Å². The average Bonchev–Trinajstić information content (AvgIpc) is 3.47. The molecule has 0 aromatic heterocycles. The number of ketones is 1. The maximum atomic E-state index is 13.3. The van der Waals surface area contributed by atoms with Gasteiger partial charge in [0.25, 0.3) is 0 Å². The number of rotatable bonds is 2. The first-order valence-electron chi connectivity index (χ1n) is 13.2. The van der Waals surface area contributed by atoms with Gasteiger partial charge in [-0.05, 0) is 89.7 Å². The first-order chi connectivity index (χ1) is 16.3. The third-order valence-electron chi connectivity index (χ3n) is 11.9. The molecule has 0 bridgehead atoms. The quantitative estimate of drug-likeness (QED) is 0.406. The van der Waals surface area contributed by atoms with E-state index in [1.165, 1.54) is 6.08 Å². The highest BCUT2D eigenvalue weighted by molar-refractivity contribution is 5.98. The standard InChI is InChI=1S/C28H38O7/c1-14-12-21(34-23(31)15(14)2)26(5,32)27(33)11-9-17-16-13-22-28(35-22)20(30)7-6-19(29)25(28,4)18(16)8-10-24(17,27)3/h6-7,16-18,20-22,30,32-33H,8-13H2,1-5H3/t16-,17-,18+,20+,21-,22+,24+,25+,26-,27+,28+/m1/s1. The van der Waals surface area contributed by atoms with Crippen LogP contribution in [0.15, 0.2) is 23.3 Å². The number of fused-ring (bicyclic) bond motifs is 4.